The third kappa shape index (κ3) is 3.17. The number of hydrogen-bond acceptors (Lipinski definition) is 4. The fraction of sp³-hybridized carbons (Fsp3) is 0.786. The molecule has 1 saturated carbocycles. The molecular formula is C14H23N5O. The Morgan fingerprint density at radius 3 is 3.00 bits per heavy atom. The summed E-state index contributed by atoms with van der Waals surface area (Å²) in [5.74, 6) is 1.99. The summed E-state index contributed by atoms with van der Waals surface area (Å²) in [7, 11) is 0. The molecule has 0 bridgehead atoms. The Morgan fingerprint density at radius 1 is 1.35 bits per heavy atom. The summed E-state index contributed by atoms with van der Waals surface area (Å²) >= 11 is 0. The van der Waals surface area contributed by atoms with Crippen LogP contribution in [0.15, 0.2) is 0 Å². The first-order valence-electron chi connectivity index (χ1n) is 7.69. The molecular weight excluding hydrogens is 254 g/mol. The van der Waals surface area contributed by atoms with Gasteiger partial charge in [-0.15, -0.1) is 10.2 Å². The van der Waals surface area contributed by atoms with Gasteiger partial charge in [-0.05, 0) is 32.6 Å². The molecule has 0 spiro atoms. The molecule has 1 fully saturated rings. The summed E-state index contributed by atoms with van der Waals surface area (Å²) in [4.78, 5) is 11.9. The standard InChI is InChI=1S/C14H23N5O/c1-10(16-13(20)9-15-11-6-7-11)14-18-17-12-5-3-2-4-8-19(12)14/h10-11,15H,2-9H2,1H3,(H,16,20). The van der Waals surface area contributed by atoms with E-state index in [1.54, 1.807) is 0 Å². The molecule has 1 aromatic rings. The zero-order valence-electron chi connectivity index (χ0n) is 12.1. The van der Waals surface area contributed by atoms with Crippen LogP contribution in [0.3, 0.4) is 0 Å². The van der Waals surface area contributed by atoms with Gasteiger partial charge in [0, 0.05) is 19.0 Å². The number of carbonyl (C=O) groups excluding carboxylic acids is 1. The Hall–Kier alpha value is -1.43. The fourth-order valence-corrected chi connectivity index (χ4v) is 2.71. The van der Waals surface area contributed by atoms with E-state index in [0.717, 1.165) is 24.6 Å². The second kappa shape index (κ2) is 5.91. The van der Waals surface area contributed by atoms with Crippen molar-refractivity contribution in [1.29, 1.82) is 0 Å². The molecule has 110 valence electrons. The van der Waals surface area contributed by atoms with Crippen LogP contribution in [0.1, 0.15) is 56.7 Å². The number of nitrogens with zero attached hydrogens (tertiary/aromatic N) is 3. The van der Waals surface area contributed by atoms with E-state index >= 15 is 0 Å². The van der Waals surface area contributed by atoms with E-state index in [2.05, 4.69) is 25.4 Å². The summed E-state index contributed by atoms with van der Waals surface area (Å²) in [5.41, 5.74) is 0. The van der Waals surface area contributed by atoms with Crippen molar-refractivity contribution in [2.75, 3.05) is 6.54 Å². The van der Waals surface area contributed by atoms with E-state index in [1.807, 2.05) is 6.92 Å². The molecule has 6 heteroatoms. The van der Waals surface area contributed by atoms with Crippen LogP contribution >= 0.6 is 0 Å². The Morgan fingerprint density at radius 2 is 2.20 bits per heavy atom. The van der Waals surface area contributed by atoms with E-state index in [9.17, 15) is 4.79 Å². The number of fused-ring (bicyclic) bond motifs is 1. The van der Waals surface area contributed by atoms with E-state index in [1.165, 1.54) is 32.1 Å². The highest BCUT2D eigenvalue weighted by molar-refractivity contribution is 5.78. The summed E-state index contributed by atoms with van der Waals surface area (Å²) in [6.45, 7) is 3.35. The Labute approximate surface area is 119 Å². The molecule has 2 aliphatic rings. The minimum absolute atomic E-state index is 0.0374. The van der Waals surface area contributed by atoms with Gasteiger partial charge in [0.25, 0.3) is 0 Å². The molecule has 1 amide bonds. The van der Waals surface area contributed by atoms with Crippen molar-refractivity contribution in [3.05, 3.63) is 11.6 Å². The summed E-state index contributed by atoms with van der Waals surface area (Å²) < 4.78 is 2.19. The first-order chi connectivity index (χ1) is 9.74. The third-order valence-corrected chi connectivity index (χ3v) is 4.03. The molecule has 2 N–H and O–H groups in total. The number of rotatable bonds is 5. The number of nitrogens with one attached hydrogen (secondary N) is 2. The van der Waals surface area contributed by atoms with Crippen LogP contribution in [0, 0.1) is 0 Å². The van der Waals surface area contributed by atoms with Crippen LogP contribution in [-0.2, 0) is 17.8 Å². The Bertz CT molecular complexity index is 480. The van der Waals surface area contributed by atoms with E-state index < -0.39 is 0 Å². The van der Waals surface area contributed by atoms with Crippen molar-refractivity contribution in [3.63, 3.8) is 0 Å². The molecule has 1 aliphatic carbocycles. The Kier molecular flexibility index (Phi) is 4.00. The molecule has 0 aromatic carbocycles. The van der Waals surface area contributed by atoms with Crippen molar-refractivity contribution in [2.45, 2.75) is 64.1 Å². The van der Waals surface area contributed by atoms with Crippen LogP contribution in [0.2, 0.25) is 0 Å². The number of aromatic nitrogens is 3. The molecule has 1 aromatic heterocycles. The number of amides is 1. The highest BCUT2D eigenvalue weighted by atomic mass is 16.2. The molecule has 0 radical (unpaired) electrons. The Balaban J connectivity index is 1.59. The lowest BCUT2D eigenvalue weighted by Crippen LogP contribution is -2.37. The molecule has 0 saturated heterocycles. The van der Waals surface area contributed by atoms with Gasteiger partial charge in [-0.25, -0.2) is 0 Å². The number of carbonyl (C=O) groups is 1. The van der Waals surface area contributed by atoms with Gasteiger partial charge in [-0.3, -0.25) is 4.79 Å². The van der Waals surface area contributed by atoms with E-state index in [-0.39, 0.29) is 11.9 Å². The predicted molar refractivity (Wildman–Crippen MR) is 75.2 cm³/mol. The maximum Gasteiger partial charge on any atom is 0.234 e. The summed E-state index contributed by atoms with van der Waals surface area (Å²) in [6.07, 6.45) is 6.99. The van der Waals surface area contributed by atoms with Crippen molar-refractivity contribution in [3.8, 4) is 0 Å². The van der Waals surface area contributed by atoms with Crippen LogP contribution in [0.5, 0.6) is 0 Å². The SMILES string of the molecule is CC(NC(=O)CNC1CC1)c1nnc2n1CCCCC2. The maximum absolute atomic E-state index is 11.9. The maximum atomic E-state index is 11.9. The van der Waals surface area contributed by atoms with Gasteiger partial charge in [0.2, 0.25) is 5.91 Å². The average molecular weight is 277 g/mol. The lowest BCUT2D eigenvalue weighted by atomic mass is 10.2. The first kappa shape index (κ1) is 13.5. The first-order valence-corrected chi connectivity index (χ1v) is 7.69. The van der Waals surface area contributed by atoms with E-state index in [4.69, 9.17) is 0 Å². The summed E-state index contributed by atoms with van der Waals surface area (Å²) in [6, 6.07) is 0.475. The molecule has 1 atom stereocenters. The quantitative estimate of drug-likeness (QED) is 0.840. The zero-order valence-corrected chi connectivity index (χ0v) is 12.1. The fourth-order valence-electron chi connectivity index (χ4n) is 2.71. The van der Waals surface area contributed by atoms with Crippen LogP contribution < -0.4 is 10.6 Å². The van der Waals surface area contributed by atoms with Crippen LogP contribution in [0.25, 0.3) is 0 Å². The second-order valence-corrected chi connectivity index (χ2v) is 5.88. The van der Waals surface area contributed by atoms with Gasteiger partial charge >= 0.3 is 0 Å². The van der Waals surface area contributed by atoms with Gasteiger partial charge in [0.05, 0.1) is 12.6 Å². The van der Waals surface area contributed by atoms with E-state index in [0.29, 0.717) is 12.6 Å². The van der Waals surface area contributed by atoms with Crippen molar-refractivity contribution in [2.24, 2.45) is 0 Å². The van der Waals surface area contributed by atoms with Gasteiger partial charge in [0.15, 0.2) is 5.82 Å². The average Bonchev–Trinajstić information content (AvgIpc) is 3.21. The summed E-state index contributed by atoms with van der Waals surface area (Å²) in [5, 5.41) is 14.8. The minimum Gasteiger partial charge on any atom is -0.345 e. The molecule has 20 heavy (non-hydrogen) atoms. The largest absolute Gasteiger partial charge is 0.345 e. The lowest BCUT2D eigenvalue weighted by Gasteiger charge is -2.15. The highest BCUT2D eigenvalue weighted by Crippen LogP contribution is 2.19. The van der Waals surface area contributed by atoms with Crippen molar-refractivity contribution >= 4 is 5.91 Å². The number of hydrogen-bond donors (Lipinski definition) is 2. The monoisotopic (exact) mass is 277 g/mol. The normalized spacial score (nSPS) is 20.1. The number of aryl methyl sites for hydroxylation is 1. The van der Waals surface area contributed by atoms with Gasteiger partial charge in [-0.2, -0.15) is 0 Å². The second-order valence-electron chi connectivity index (χ2n) is 5.88. The van der Waals surface area contributed by atoms with Gasteiger partial charge < -0.3 is 15.2 Å². The minimum atomic E-state index is -0.0807. The van der Waals surface area contributed by atoms with Crippen LogP contribution in [0.4, 0.5) is 0 Å². The zero-order chi connectivity index (χ0) is 13.9. The van der Waals surface area contributed by atoms with Gasteiger partial charge in [0.1, 0.15) is 5.82 Å². The predicted octanol–water partition coefficient (Wildman–Crippen LogP) is 0.934. The molecule has 6 nitrogen and oxygen atoms in total. The molecule has 3 rings (SSSR count). The highest BCUT2D eigenvalue weighted by Gasteiger charge is 2.23. The molecule has 1 aliphatic heterocycles. The smallest absolute Gasteiger partial charge is 0.234 e. The van der Waals surface area contributed by atoms with Crippen LogP contribution in [-0.4, -0.2) is 33.3 Å². The molecule has 2 heterocycles. The topological polar surface area (TPSA) is 71.8 Å². The third-order valence-electron chi connectivity index (χ3n) is 4.03. The van der Waals surface area contributed by atoms with Crippen molar-refractivity contribution in [1.82, 2.24) is 25.4 Å². The van der Waals surface area contributed by atoms with Gasteiger partial charge in [-0.1, -0.05) is 6.42 Å². The van der Waals surface area contributed by atoms with Crippen molar-refractivity contribution < 1.29 is 4.79 Å². The molecule has 1 unspecified atom stereocenters. The lowest BCUT2D eigenvalue weighted by molar-refractivity contribution is -0.121.